The van der Waals surface area contributed by atoms with Crippen LogP contribution in [0.25, 0.3) is 11.1 Å². The molecule has 0 unspecified atom stereocenters. The predicted molar refractivity (Wildman–Crippen MR) is 59.1 cm³/mol. The quantitative estimate of drug-likeness (QED) is 0.735. The summed E-state index contributed by atoms with van der Waals surface area (Å²) in [6.07, 6.45) is 3.59. The number of carboxylic acid groups (broad SMARTS) is 2. The lowest BCUT2D eigenvalue weighted by Crippen LogP contribution is -2.40. The van der Waals surface area contributed by atoms with Crippen LogP contribution in [0, 0.1) is 0 Å². The first-order valence-electron chi connectivity index (χ1n) is 5.07. The molecule has 2 aromatic heterocycles. The van der Waals surface area contributed by atoms with E-state index in [0.717, 1.165) is 20.3 Å². The van der Waals surface area contributed by atoms with Crippen molar-refractivity contribution in [3.63, 3.8) is 0 Å². The molecule has 2 rings (SSSR count). The summed E-state index contributed by atoms with van der Waals surface area (Å²) in [5, 5.41) is 17.5. The van der Waals surface area contributed by atoms with Crippen LogP contribution in [0.1, 0.15) is 0 Å². The van der Waals surface area contributed by atoms with Crippen LogP contribution in [-0.4, -0.2) is 22.4 Å². The molecule has 0 bridgehead atoms. The van der Waals surface area contributed by atoms with Crippen LogP contribution in [0.4, 0.5) is 9.59 Å². The number of nitrogens with zero attached hydrogens (tertiary/aromatic N) is 2. The molecule has 6 nitrogen and oxygen atoms in total. The van der Waals surface area contributed by atoms with Crippen LogP contribution in [-0.2, 0) is 0 Å². The van der Waals surface area contributed by atoms with Crippen molar-refractivity contribution in [1.29, 1.82) is 0 Å². The van der Waals surface area contributed by atoms with E-state index in [0.29, 0.717) is 0 Å². The van der Waals surface area contributed by atoms with E-state index in [2.05, 4.69) is 0 Å². The lowest BCUT2D eigenvalue weighted by Gasteiger charge is -1.97. The molecular formula is C12H10N2O4+2. The third-order valence-corrected chi connectivity index (χ3v) is 2.43. The second-order valence-electron chi connectivity index (χ2n) is 3.55. The minimum absolute atomic E-state index is 0.810. The second-order valence-corrected chi connectivity index (χ2v) is 3.55. The monoisotopic (exact) mass is 246 g/mol. The van der Waals surface area contributed by atoms with Crippen molar-refractivity contribution in [2.24, 2.45) is 0 Å². The first kappa shape index (κ1) is 11.7. The molecule has 2 N–H and O–H groups in total. The Labute approximate surface area is 102 Å². The van der Waals surface area contributed by atoms with Gasteiger partial charge in [-0.25, -0.2) is 0 Å². The largest absolute Gasteiger partial charge is 0.599 e. The Bertz CT molecular complexity index is 535. The highest BCUT2D eigenvalue weighted by molar-refractivity contribution is 5.62. The number of aromatic nitrogens is 2. The molecule has 6 heteroatoms. The Morgan fingerprint density at radius 2 is 1.00 bits per heavy atom. The zero-order valence-electron chi connectivity index (χ0n) is 9.22. The fourth-order valence-corrected chi connectivity index (χ4v) is 1.49. The summed E-state index contributed by atoms with van der Waals surface area (Å²) < 4.78 is 2.06. The first-order valence-corrected chi connectivity index (χ1v) is 5.07. The molecule has 2 aromatic rings. The van der Waals surface area contributed by atoms with E-state index in [4.69, 9.17) is 10.2 Å². The van der Waals surface area contributed by atoms with Gasteiger partial charge in [0.25, 0.3) is 0 Å². The Morgan fingerprint density at radius 3 is 1.22 bits per heavy atom. The summed E-state index contributed by atoms with van der Waals surface area (Å²) >= 11 is 0. The summed E-state index contributed by atoms with van der Waals surface area (Å²) in [4.78, 5) is 21.3. The van der Waals surface area contributed by atoms with Crippen LogP contribution in [0.15, 0.2) is 49.1 Å². The average Bonchev–Trinajstić information content (AvgIpc) is 2.39. The number of hydrogen-bond donors (Lipinski definition) is 2. The summed E-state index contributed by atoms with van der Waals surface area (Å²) in [6, 6.07) is 6.59. The molecule has 0 aromatic carbocycles. The number of carbonyl (C=O) groups is 2. The predicted octanol–water partition coefficient (Wildman–Crippen LogP) is 0.981. The van der Waals surface area contributed by atoms with Gasteiger partial charge in [-0.3, -0.25) is 0 Å². The minimum atomic E-state index is -1.06. The van der Waals surface area contributed by atoms with Gasteiger partial charge in [-0.1, -0.05) is 9.13 Å². The third kappa shape index (κ3) is 2.32. The van der Waals surface area contributed by atoms with Gasteiger partial charge in [0, 0.05) is 24.3 Å². The van der Waals surface area contributed by atoms with Crippen molar-refractivity contribution in [2.75, 3.05) is 0 Å². The molecular weight excluding hydrogens is 236 g/mol. The molecule has 0 aliphatic carbocycles. The van der Waals surface area contributed by atoms with Gasteiger partial charge in [0.15, 0.2) is 24.8 Å². The summed E-state index contributed by atoms with van der Waals surface area (Å²) in [6.45, 7) is 0. The van der Waals surface area contributed by atoms with Gasteiger partial charge in [0.1, 0.15) is 0 Å². The zero-order chi connectivity index (χ0) is 13.1. The average molecular weight is 246 g/mol. The van der Waals surface area contributed by atoms with E-state index in [-0.39, 0.29) is 0 Å². The fraction of sp³-hybridized carbons (Fsp3) is 0. The van der Waals surface area contributed by atoms with E-state index in [9.17, 15) is 9.59 Å². The van der Waals surface area contributed by atoms with Crippen molar-refractivity contribution in [3.8, 4) is 11.1 Å². The molecule has 0 amide bonds. The van der Waals surface area contributed by atoms with Gasteiger partial charge in [0.2, 0.25) is 0 Å². The minimum Gasteiger partial charge on any atom is -0.427 e. The van der Waals surface area contributed by atoms with Gasteiger partial charge in [-0.05, 0) is 11.1 Å². The lowest BCUT2D eigenvalue weighted by atomic mass is 10.1. The maximum atomic E-state index is 10.7. The van der Waals surface area contributed by atoms with Crippen LogP contribution >= 0.6 is 0 Å². The van der Waals surface area contributed by atoms with Crippen LogP contribution in [0.5, 0.6) is 0 Å². The van der Waals surface area contributed by atoms with E-state index < -0.39 is 12.2 Å². The van der Waals surface area contributed by atoms with E-state index >= 15 is 0 Å². The highest BCUT2D eigenvalue weighted by atomic mass is 16.4. The van der Waals surface area contributed by atoms with Crippen molar-refractivity contribution >= 4 is 12.2 Å². The maximum Gasteiger partial charge on any atom is 0.599 e. The molecule has 0 saturated carbocycles. The van der Waals surface area contributed by atoms with Gasteiger partial charge >= 0.3 is 12.2 Å². The first-order chi connectivity index (χ1) is 8.58. The molecule has 0 spiro atoms. The van der Waals surface area contributed by atoms with Crippen LogP contribution in [0.3, 0.4) is 0 Å². The Morgan fingerprint density at radius 1 is 0.722 bits per heavy atom. The van der Waals surface area contributed by atoms with Crippen molar-refractivity contribution in [1.82, 2.24) is 0 Å². The molecule has 0 atom stereocenters. The van der Waals surface area contributed by atoms with Gasteiger partial charge in [0.05, 0.1) is 0 Å². The molecule has 0 saturated heterocycles. The molecule has 0 radical (unpaired) electrons. The van der Waals surface area contributed by atoms with Crippen molar-refractivity contribution in [3.05, 3.63) is 49.1 Å². The van der Waals surface area contributed by atoms with Crippen LogP contribution < -0.4 is 9.13 Å². The van der Waals surface area contributed by atoms with Crippen LogP contribution in [0.2, 0.25) is 0 Å². The summed E-state index contributed by atoms with van der Waals surface area (Å²) in [7, 11) is 0. The zero-order valence-corrected chi connectivity index (χ0v) is 9.22. The Kier molecular flexibility index (Phi) is 3.01. The number of rotatable bonds is 1. The summed E-state index contributed by atoms with van der Waals surface area (Å²) in [5.74, 6) is 0. The van der Waals surface area contributed by atoms with Crippen molar-refractivity contribution < 1.29 is 28.9 Å². The highest BCUT2D eigenvalue weighted by Crippen LogP contribution is 2.15. The smallest absolute Gasteiger partial charge is 0.427 e. The van der Waals surface area contributed by atoms with Crippen molar-refractivity contribution in [2.45, 2.75) is 0 Å². The fourth-order valence-electron chi connectivity index (χ4n) is 1.49. The molecule has 90 valence electrons. The second kappa shape index (κ2) is 4.62. The van der Waals surface area contributed by atoms with E-state index in [1.54, 1.807) is 24.3 Å². The number of pyridine rings is 2. The SMILES string of the molecule is O=C(O)[n+]1ccc(-c2cc[n+](C(=O)O)cc2)cc1. The molecule has 0 fully saturated rings. The molecule has 0 aliphatic heterocycles. The van der Waals surface area contributed by atoms with Gasteiger partial charge < -0.3 is 10.2 Å². The van der Waals surface area contributed by atoms with Gasteiger partial charge in [-0.15, -0.1) is 0 Å². The normalized spacial score (nSPS) is 10.0. The number of hydrogen-bond acceptors (Lipinski definition) is 2. The molecule has 2 heterocycles. The lowest BCUT2D eigenvalue weighted by molar-refractivity contribution is -0.584. The summed E-state index contributed by atoms with van der Waals surface area (Å²) in [5.41, 5.74) is 1.62. The molecule has 0 aliphatic rings. The standard InChI is InChI=1S/C12H8N2O4/c15-11(16)13-5-1-9(2-6-13)10-3-7-14(8-4-10)12(17)18/h1-8H/p+2. The molecule has 18 heavy (non-hydrogen) atoms. The van der Waals surface area contributed by atoms with E-state index in [1.807, 2.05) is 0 Å². The topological polar surface area (TPSA) is 82.4 Å². The van der Waals surface area contributed by atoms with Gasteiger partial charge in [-0.2, -0.15) is 9.59 Å². The third-order valence-electron chi connectivity index (χ3n) is 2.43. The highest BCUT2D eigenvalue weighted by Gasteiger charge is 2.13. The van der Waals surface area contributed by atoms with E-state index in [1.165, 1.54) is 24.8 Å². The Balaban J connectivity index is 2.31. The Hall–Kier alpha value is -2.76. The maximum absolute atomic E-state index is 10.7.